The molecule has 0 aliphatic heterocycles. The van der Waals surface area contributed by atoms with Crippen molar-refractivity contribution in [2.45, 2.75) is 30.8 Å². The number of sulfonamides is 1. The molecule has 4 N–H and O–H groups in total. The second kappa shape index (κ2) is 8.24. The van der Waals surface area contributed by atoms with Crippen molar-refractivity contribution in [3.8, 4) is 0 Å². The van der Waals surface area contributed by atoms with Gasteiger partial charge in [-0.2, -0.15) is 0 Å². The number of amides is 1. The molecule has 1 unspecified atom stereocenters. The lowest BCUT2D eigenvalue weighted by Crippen LogP contribution is -2.32. The van der Waals surface area contributed by atoms with Crippen LogP contribution in [-0.4, -0.2) is 26.9 Å². The maximum absolute atomic E-state index is 12.2. The highest BCUT2D eigenvalue weighted by molar-refractivity contribution is 7.89. The summed E-state index contributed by atoms with van der Waals surface area (Å²) < 4.78 is 26.6. The minimum atomic E-state index is -3.57. The Labute approximate surface area is 148 Å². The van der Waals surface area contributed by atoms with E-state index in [1.165, 1.54) is 24.3 Å². The molecule has 0 fully saturated rings. The number of nitrogens with one attached hydrogen (secondary N) is 2. The lowest BCUT2D eigenvalue weighted by molar-refractivity contribution is 0.0951. The van der Waals surface area contributed by atoms with Gasteiger partial charge in [-0.25, -0.2) is 13.1 Å². The highest BCUT2D eigenvalue weighted by Gasteiger charge is 2.16. The van der Waals surface area contributed by atoms with Crippen LogP contribution in [0.3, 0.4) is 0 Å². The normalized spacial score (nSPS) is 12.8. The highest BCUT2D eigenvalue weighted by atomic mass is 32.2. The zero-order valence-corrected chi connectivity index (χ0v) is 15.1. The van der Waals surface area contributed by atoms with E-state index in [1.54, 1.807) is 13.8 Å². The summed E-state index contributed by atoms with van der Waals surface area (Å²) in [5, 5.41) is 2.76. The molecule has 0 radical (unpaired) electrons. The number of carbonyl (C=O) groups excluding carboxylic acids is 1. The smallest absolute Gasteiger partial charge is 0.251 e. The number of nitrogens with two attached hydrogens (primary N) is 1. The van der Waals surface area contributed by atoms with Crippen molar-refractivity contribution in [1.29, 1.82) is 0 Å². The molecule has 0 bridgehead atoms. The highest BCUT2D eigenvalue weighted by Crippen LogP contribution is 2.12. The summed E-state index contributed by atoms with van der Waals surface area (Å²) in [6.45, 7) is 3.78. The predicted molar refractivity (Wildman–Crippen MR) is 97.6 cm³/mol. The van der Waals surface area contributed by atoms with Gasteiger partial charge in [0.15, 0.2) is 0 Å². The molecular weight excluding hydrogens is 338 g/mol. The van der Waals surface area contributed by atoms with E-state index in [1.807, 2.05) is 30.3 Å². The van der Waals surface area contributed by atoms with Crippen LogP contribution in [0.15, 0.2) is 59.5 Å². The van der Waals surface area contributed by atoms with Gasteiger partial charge in [-0.15, -0.1) is 0 Å². The van der Waals surface area contributed by atoms with E-state index in [-0.39, 0.29) is 29.4 Å². The molecule has 134 valence electrons. The SMILES string of the molecule is CC(C)NS(=O)(=O)c1ccc(C(=O)NCC(N)c2ccccc2)cc1. The summed E-state index contributed by atoms with van der Waals surface area (Å²) in [7, 11) is -3.57. The van der Waals surface area contributed by atoms with E-state index in [9.17, 15) is 13.2 Å². The maximum atomic E-state index is 12.2. The van der Waals surface area contributed by atoms with Crippen molar-refractivity contribution in [3.05, 3.63) is 65.7 Å². The number of rotatable bonds is 7. The molecule has 6 nitrogen and oxygen atoms in total. The van der Waals surface area contributed by atoms with Crippen molar-refractivity contribution in [3.63, 3.8) is 0 Å². The molecule has 7 heteroatoms. The second-order valence-electron chi connectivity index (χ2n) is 6.03. The Morgan fingerprint density at radius 3 is 2.20 bits per heavy atom. The van der Waals surface area contributed by atoms with Gasteiger partial charge in [-0.3, -0.25) is 4.79 Å². The van der Waals surface area contributed by atoms with Gasteiger partial charge in [-0.05, 0) is 43.7 Å². The molecule has 0 saturated carbocycles. The third kappa shape index (κ3) is 5.38. The third-order valence-corrected chi connectivity index (χ3v) is 5.20. The molecule has 1 amide bonds. The van der Waals surface area contributed by atoms with Gasteiger partial charge < -0.3 is 11.1 Å². The minimum Gasteiger partial charge on any atom is -0.350 e. The molecule has 25 heavy (non-hydrogen) atoms. The summed E-state index contributed by atoms with van der Waals surface area (Å²) in [5.41, 5.74) is 7.36. The first kappa shape index (κ1) is 19.1. The maximum Gasteiger partial charge on any atom is 0.251 e. The zero-order valence-electron chi connectivity index (χ0n) is 14.3. The first-order chi connectivity index (χ1) is 11.8. The van der Waals surface area contributed by atoms with Crippen molar-refractivity contribution >= 4 is 15.9 Å². The Hall–Kier alpha value is -2.22. The molecule has 0 saturated heterocycles. The number of benzene rings is 2. The summed E-state index contributed by atoms with van der Waals surface area (Å²) in [6.07, 6.45) is 0. The summed E-state index contributed by atoms with van der Waals surface area (Å²) >= 11 is 0. The van der Waals surface area contributed by atoms with Crippen LogP contribution >= 0.6 is 0 Å². The molecule has 0 aliphatic carbocycles. The Balaban J connectivity index is 1.99. The van der Waals surface area contributed by atoms with Crippen molar-refractivity contribution in [2.75, 3.05) is 6.54 Å². The van der Waals surface area contributed by atoms with Crippen LogP contribution in [0, 0.1) is 0 Å². The summed E-state index contributed by atoms with van der Waals surface area (Å²) in [5.74, 6) is -0.299. The first-order valence-electron chi connectivity index (χ1n) is 8.00. The lowest BCUT2D eigenvalue weighted by atomic mass is 10.1. The van der Waals surface area contributed by atoms with Gasteiger partial charge in [0, 0.05) is 24.2 Å². The molecular formula is C18H23N3O3S. The monoisotopic (exact) mass is 361 g/mol. The average Bonchev–Trinajstić information content (AvgIpc) is 2.59. The molecule has 0 aliphatic rings. The predicted octanol–water partition coefficient (Wildman–Crippen LogP) is 1.80. The van der Waals surface area contributed by atoms with Crippen molar-refractivity contribution < 1.29 is 13.2 Å². The van der Waals surface area contributed by atoms with Crippen molar-refractivity contribution in [2.24, 2.45) is 5.73 Å². The standard InChI is InChI=1S/C18H23N3O3S/c1-13(2)21-25(23,24)16-10-8-15(9-11-16)18(22)20-12-17(19)14-6-4-3-5-7-14/h3-11,13,17,21H,12,19H2,1-2H3,(H,20,22). The number of carbonyl (C=O) groups is 1. The van der Waals surface area contributed by atoms with Crippen molar-refractivity contribution in [1.82, 2.24) is 10.0 Å². The third-order valence-electron chi connectivity index (χ3n) is 3.53. The van der Waals surface area contributed by atoms with Gasteiger partial charge in [0.1, 0.15) is 0 Å². The Bertz CT molecular complexity index is 803. The molecule has 0 spiro atoms. The first-order valence-corrected chi connectivity index (χ1v) is 9.49. The fourth-order valence-corrected chi connectivity index (χ4v) is 3.54. The van der Waals surface area contributed by atoms with Crippen LogP contribution in [0.2, 0.25) is 0 Å². The number of hydrogen-bond acceptors (Lipinski definition) is 4. The molecule has 1 atom stereocenters. The average molecular weight is 361 g/mol. The van der Waals surface area contributed by atoms with E-state index in [0.717, 1.165) is 5.56 Å². The molecule has 2 aromatic rings. The molecule has 2 aromatic carbocycles. The van der Waals surface area contributed by atoms with Crippen LogP contribution in [0.1, 0.15) is 35.8 Å². The van der Waals surface area contributed by atoms with Crippen LogP contribution in [-0.2, 0) is 10.0 Å². The van der Waals surface area contributed by atoms with Crippen LogP contribution in [0.5, 0.6) is 0 Å². The Morgan fingerprint density at radius 1 is 1.04 bits per heavy atom. The van der Waals surface area contributed by atoms with Gasteiger partial charge in [0.2, 0.25) is 10.0 Å². The van der Waals surface area contributed by atoms with Gasteiger partial charge in [-0.1, -0.05) is 30.3 Å². The second-order valence-corrected chi connectivity index (χ2v) is 7.74. The van der Waals surface area contributed by atoms with Gasteiger partial charge >= 0.3 is 0 Å². The van der Waals surface area contributed by atoms with E-state index >= 15 is 0 Å². The Morgan fingerprint density at radius 2 is 1.64 bits per heavy atom. The minimum absolute atomic E-state index is 0.124. The molecule has 0 heterocycles. The molecule has 2 rings (SSSR count). The molecule has 0 aromatic heterocycles. The van der Waals surface area contributed by atoms with E-state index in [4.69, 9.17) is 5.73 Å². The van der Waals surface area contributed by atoms with Crippen LogP contribution in [0.4, 0.5) is 0 Å². The zero-order chi connectivity index (χ0) is 18.4. The fraction of sp³-hybridized carbons (Fsp3) is 0.278. The Kier molecular flexibility index (Phi) is 6.30. The summed E-state index contributed by atoms with van der Waals surface area (Å²) in [6, 6.07) is 14.8. The fourth-order valence-electron chi connectivity index (χ4n) is 2.29. The quantitative estimate of drug-likeness (QED) is 0.700. The van der Waals surface area contributed by atoms with E-state index < -0.39 is 10.0 Å². The van der Waals surface area contributed by atoms with Gasteiger partial charge in [0.25, 0.3) is 5.91 Å². The topological polar surface area (TPSA) is 101 Å². The van der Waals surface area contributed by atoms with Crippen LogP contribution < -0.4 is 15.8 Å². The lowest BCUT2D eigenvalue weighted by Gasteiger charge is -2.13. The van der Waals surface area contributed by atoms with Gasteiger partial charge in [0.05, 0.1) is 4.90 Å². The van der Waals surface area contributed by atoms with Crippen LogP contribution in [0.25, 0.3) is 0 Å². The summed E-state index contributed by atoms with van der Waals surface area (Å²) in [4.78, 5) is 12.3. The van der Waals surface area contributed by atoms with E-state index in [0.29, 0.717) is 5.56 Å². The van der Waals surface area contributed by atoms with E-state index in [2.05, 4.69) is 10.0 Å². The largest absolute Gasteiger partial charge is 0.350 e. The number of hydrogen-bond donors (Lipinski definition) is 3.